The summed E-state index contributed by atoms with van der Waals surface area (Å²) in [6.07, 6.45) is 8.11. The number of piperidine rings is 1. The highest BCUT2D eigenvalue weighted by Crippen LogP contribution is 2.32. The molecule has 1 amide bonds. The van der Waals surface area contributed by atoms with Gasteiger partial charge >= 0.3 is 0 Å². The van der Waals surface area contributed by atoms with E-state index in [2.05, 4.69) is 27.3 Å². The number of likely N-dealkylation sites (tertiary alicyclic amines) is 1. The zero-order chi connectivity index (χ0) is 20.2. The van der Waals surface area contributed by atoms with Crippen molar-refractivity contribution in [3.8, 4) is 0 Å². The predicted octanol–water partition coefficient (Wildman–Crippen LogP) is 4.50. The summed E-state index contributed by atoms with van der Waals surface area (Å²) in [5.41, 5.74) is 1.10. The predicted molar refractivity (Wildman–Crippen MR) is 116 cm³/mol. The highest BCUT2D eigenvalue weighted by Gasteiger charge is 2.32. The van der Waals surface area contributed by atoms with Gasteiger partial charge in [0, 0.05) is 48.8 Å². The van der Waals surface area contributed by atoms with Crippen LogP contribution in [-0.4, -0.2) is 47.1 Å². The number of nitrogens with one attached hydrogen (secondary N) is 1. The molecule has 0 bridgehead atoms. The second-order valence-corrected chi connectivity index (χ2v) is 9.40. The van der Waals surface area contributed by atoms with Gasteiger partial charge in [0.2, 0.25) is 5.91 Å². The van der Waals surface area contributed by atoms with E-state index in [1.807, 2.05) is 19.2 Å². The summed E-state index contributed by atoms with van der Waals surface area (Å²) in [7, 11) is 1.76. The Hall–Kier alpha value is -1.99. The van der Waals surface area contributed by atoms with E-state index >= 15 is 0 Å². The van der Waals surface area contributed by atoms with Gasteiger partial charge in [0.1, 0.15) is 5.82 Å². The number of pyridine rings is 1. The van der Waals surface area contributed by atoms with Crippen molar-refractivity contribution >= 4 is 28.2 Å². The maximum atomic E-state index is 13.0. The third-order valence-electron chi connectivity index (χ3n) is 6.16. The number of aryl methyl sites for hydroxylation is 1. The molecule has 2 atom stereocenters. The molecule has 6 nitrogen and oxygen atoms in total. The lowest BCUT2D eigenvalue weighted by Gasteiger charge is -2.36. The van der Waals surface area contributed by atoms with E-state index in [0.717, 1.165) is 68.3 Å². The maximum Gasteiger partial charge on any atom is 0.225 e. The van der Waals surface area contributed by atoms with Crippen LogP contribution in [0.3, 0.4) is 0 Å². The van der Waals surface area contributed by atoms with E-state index in [4.69, 9.17) is 9.72 Å². The summed E-state index contributed by atoms with van der Waals surface area (Å²) in [5.74, 6) is 1.70. The van der Waals surface area contributed by atoms with Gasteiger partial charge in [-0.2, -0.15) is 0 Å². The summed E-state index contributed by atoms with van der Waals surface area (Å²) in [6, 6.07) is 6.13. The van der Waals surface area contributed by atoms with Crippen LogP contribution < -0.4 is 5.32 Å². The number of hydrogen-bond acceptors (Lipinski definition) is 6. The zero-order valence-corrected chi connectivity index (χ0v) is 18.1. The van der Waals surface area contributed by atoms with Crippen molar-refractivity contribution in [2.45, 2.75) is 57.5 Å². The number of amides is 1. The van der Waals surface area contributed by atoms with Crippen LogP contribution >= 0.6 is 11.3 Å². The Balaban J connectivity index is 1.33. The van der Waals surface area contributed by atoms with E-state index in [0.29, 0.717) is 11.8 Å². The van der Waals surface area contributed by atoms with Gasteiger partial charge in [-0.05, 0) is 51.2 Å². The fourth-order valence-corrected chi connectivity index (χ4v) is 5.18. The number of thiazole rings is 1. The first kappa shape index (κ1) is 20.3. The number of rotatable bonds is 5. The Morgan fingerprint density at radius 2 is 2.07 bits per heavy atom. The van der Waals surface area contributed by atoms with Crippen molar-refractivity contribution in [2.75, 3.05) is 25.5 Å². The molecule has 29 heavy (non-hydrogen) atoms. The van der Waals surface area contributed by atoms with E-state index in [9.17, 15) is 4.79 Å². The third-order valence-corrected chi connectivity index (χ3v) is 6.99. The number of aromatic nitrogens is 2. The number of ether oxygens (including phenoxy) is 1. The smallest absolute Gasteiger partial charge is 0.225 e. The Labute approximate surface area is 176 Å². The van der Waals surface area contributed by atoms with Gasteiger partial charge in [-0.15, -0.1) is 11.3 Å². The SMILES string of the molecule is CO[C@@H]1CCC[C@H](C(=O)N2CCC(c3cccc(Nc4ncc(C)s4)n3)CC2)C1. The molecule has 0 aromatic carbocycles. The number of hydrogen-bond donors (Lipinski definition) is 1. The Morgan fingerprint density at radius 1 is 1.24 bits per heavy atom. The van der Waals surface area contributed by atoms with Crippen molar-refractivity contribution in [3.05, 3.63) is 35.0 Å². The van der Waals surface area contributed by atoms with Crippen LogP contribution in [0.25, 0.3) is 0 Å². The average molecular weight is 415 g/mol. The lowest BCUT2D eigenvalue weighted by atomic mass is 9.85. The summed E-state index contributed by atoms with van der Waals surface area (Å²) in [4.78, 5) is 25.4. The van der Waals surface area contributed by atoms with Gasteiger partial charge in [0.15, 0.2) is 5.13 Å². The fourth-order valence-electron chi connectivity index (χ4n) is 4.51. The normalized spacial score (nSPS) is 23.2. The molecule has 2 aliphatic rings. The second kappa shape index (κ2) is 9.22. The minimum absolute atomic E-state index is 0.137. The van der Waals surface area contributed by atoms with Gasteiger partial charge in [-0.25, -0.2) is 9.97 Å². The molecule has 2 aromatic rings. The summed E-state index contributed by atoms with van der Waals surface area (Å²) >= 11 is 1.63. The van der Waals surface area contributed by atoms with Gasteiger partial charge in [0.25, 0.3) is 0 Å². The summed E-state index contributed by atoms with van der Waals surface area (Å²) in [5, 5.41) is 4.17. The molecule has 1 N–H and O–H groups in total. The molecular formula is C22H30N4O2S. The molecule has 0 unspecified atom stereocenters. The first-order valence-corrected chi connectivity index (χ1v) is 11.4. The quantitative estimate of drug-likeness (QED) is 0.780. The van der Waals surface area contributed by atoms with Crippen molar-refractivity contribution in [1.82, 2.24) is 14.9 Å². The zero-order valence-electron chi connectivity index (χ0n) is 17.3. The highest BCUT2D eigenvalue weighted by molar-refractivity contribution is 7.15. The van der Waals surface area contributed by atoms with Crippen LogP contribution in [-0.2, 0) is 9.53 Å². The molecular weight excluding hydrogens is 384 g/mol. The minimum Gasteiger partial charge on any atom is -0.381 e. The van der Waals surface area contributed by atoms with Gasteiger partial charge in [0.05, 0.1) is 6.10 Å². The van der Waals surface area contributed by atoms with Crippen LogP contribution in [0.4, 0.5) is 10.9 Å². The minimum atomic E-state index is 0.137. The average Bonchev–Trinajstić information content (AvgIpc) is 3.18. The topological polar surface area (TPSA) is 67.3 Å². The summed E-state index contributed by atoms with van der Waals surface area (Å²) in [6.45, 7) is 3.69. The molecule has 156 valence electrons. The van der Waals surface area contributed by atoms with E-state index in [1.165, 1.54) is 4.88 Å². The molecule has 2 fully saturated rings. The van der Waals surface area contributed by atoms with Crippen LogP contribution in [0.1, 0.15) is 55.0 Å². The van der Waals surface area contributed by atoms with Crippen LogP contribution in [0.2, 0.25) is 0 Å². The number of carbonyl (C=O) groups is 1. The first-order chi connectivity index (χ1) is 14.1. The van der Waals surface area contributed by atoms with Crippen molar-refractivity contribution in [1.29, 1.82) is 0 Å². The fraction of sp³-hybridized carbons (Fsp3) is 0.591. The monoisotopic (exact) mass is 414 g/mol. The van der Waals surface area contributed by atoms with Gasteiger partial charge < -0.3 is 15.0 Å². The molecule has 0 spiro atoms. The largest absolute Gasteiger partial charge is 0.381 e. The van der Waals surface area contributed by atoms with Crippen LogP contribution in [0.15, 0.2) is 24.4 Å². The highest BCUT2D eigenvalue weighted by atomic mass is 32.1. The molecule has 1 saturated carbocycles. The number of carbonyl (C=O) groups excluding carboxylic acids is 1. The Morgan fingerprint density at radius 3 is 2.79 bits per heavy atom. The molecule has 1 aliphatic heterocycles. The van der Waals surface area contributed by atoms with Gasteiger partial charge in [-0.3, -0.25) is 4.79 Å². The molecule has 7 heteroatoms. The molecule has 1 saturated heterocycles. The Bertz CT molecular complexity index is 832. The summed E-state index contributed by atoms with van der Waals surface area (Å²) < 4.78 is 5.50. The number of methoxy groups -OCH3 is 1. The second-order valence-electron chi connectivity index (χ2n) is 8.17. The van der Waals surface area contributed by atoms with Crippen molar-refractivity contribution < 1.29 is 9.53 Å². The molecule has 3 heterocycles. The number of anilines is 2. The van der Waals surface area contributed by atoms with E-state index < -0.39 is 0 Å². The van der Waals surface area contributed by atoms with Crippen molar-refractivity contribution in [3.63, 3.8) is 0 Å². The maximum absolute atomic E-state index is 13.0. The number of nitrogens with zero attached hydrogens (tertiary/aromatic N) is 3. The van der Waals surface area contributed by atoms with Crippen molar-refractivity contribution in [2.24, 2.45) is 5.92 Å². The lowest BCUT2D eigenvalue weighted by molar-refractivity contribution is -0.139. The molecule has 4 rings (SSSR count). The standard InChI is InChI=1S/C22H30N4O2S/c1-15-14-23-22(29-15)25-20-8-4-7-19(24-20)16-9-11-26(12-10-16)21(27)17-5-3-6-18(13-17)28-2/h4,7-8,14,16-18H,3,5-6,9-13H2,1-2H3,(H,23,24,25)/t17-,18+/m0/s1. The molecule has 2 aromatic heterocycles. The van der Waals surface area contributed by atoms with E-state index in [-0.39, 0.29) is 12.0 Å². The lowest BCUT2D eigenvalue weighted by Crippen LogP contribution is -2.43. The molecule has 1 aliphatic carbocycles. The Kier molecular flexibility index (Phi) is 6.45. The first-order valence-electron chi connectivity index (χ1n) is 10.6. The van der Waals surface area contributed by atoms with Gasteiger partial charge in [-0.1, -0.05) is 12.5 Å². The molecule has 0 radical (unpaired) electrons. The van der Waals surface area contributed by atoms with Crippen LogP contribution in [0, 0.1) is 12.8 Å². The third kappa shape index (κ3) is 4.95. The van der Waals surface area contributed by atoms with E-state index in [1.54, 1.807) is 18.4 Å². The van der Waals surface area contributed by atoms with Crippen LogP contribution in [0.5, 0.6) is 0 Å².